The van der Waals surface area contributed by atoms with Gasteiger partial charge in [-0.25, -0.2) is 0 Å². The van der Waals surface area contributed by atoms with Gasteiger partial charge in [-0.3, -0.25) is 4.79 Å². The van der Waals surface area contributed by atoms with Crippen molar-refractivity contribution in [1.29, 1.82) is 0 Å². The molecule has 0 aromatic heterocycles. The summed E-state index contributed by atoms with van der Waals surface area (Å²) in [4.78, 5) is 14.1. The Bertz CT molecular complexity index is 362. The second-order valence-corrected chi connectivity index (χ2v) is 5.01. The van der Waals surface area contributed by atoms with Crippen molar-refractivity contribution in [3.63, 3.8) is 0 Å². The van der Waals surface area contributed by atoms with Gasteiger partial charge in [0.2, 0.25) is 0 Å². The fourth-order valence-corrected chi connectivity index (χ4v) is 1.81. The average Bonchev–Trinajstić information content (AvgIpc) is 2.29. The normalized spacial score (nSPS) is 10.6. The van der Waals surface area contributed by atoms with Crippen LogP contribution in [0, 0.1) is 0 Å². The number of carbonyl (C=O) groups is 1. The molecule has 0 saturated carbocycles. The Kier molecular flexibility index (Phi) is 5.65. The standard InChI is InChI=1S/C13H18BrNO2/c1-10(2)15(8-9-17-3)13(16)11-4-6-12(14)7-5-11/h4-7,10H,8-9H2,1-3H3. The number of hydrogen-bond donors (Lipinski definition) is 0. The molecule has 4 heteroatoms. The molecule has 94 valence electrons. The van der Waals surface area contributed by atoms with Crippen LogP contribution >= 0.6 is 15.9 Å². The van der Waals surface area contributed by atoms with E-state index in [1.54, 1.807) is 7.11 Å². The highest BCUT2D eigenvalue weighted by atomic mass is 79.9. The predicted octanol–water partition coefficient (Wildman–Crippen LogP) is 2.95. The van der Waals surface area contributed by atoms with Crippen LogP contribution in [0.1, 0.15) is 24.2 Å². The maximum Gasteiger partial charge on any atom is 0.254 e. The van der Waals surface area contributed by atoms with Gasteiger partial charge in [-0.1, -0.05) is 15.9 Å². The summed E-state index contributed by atoms with van der Waals surface area (Å²) < 4.78 is 6.00. The zero-order valence-electron chi connectivity index (χ0n) is 10.4. The van der Waals surface area contributed by atoms with Gasteiger partial charge in [0.1, 0.15) is 0 Å². The second kappa shape index (κ2) is 6.77. The lowest BCUT2D eigenvalue weighted by molar-refractivity contribution is 0.0635. The van der Waals surface area contributed by atoms with Gasteiger partial charge in [-0.2, -0.15) is 0 Å². The fraction of sp³-hybridized carbons (Fsp3) is 0.462. The van der Waals surface area contributed by atoms with Crippen LogP contribution in [0.3, 0.4) is 0 Å². The highest BCUT2D eigenvalue weighted by Gasteiger charge is 2.17. The minimum atomic E-state index is 0.0459. The van der Waals surface area contributed by atoms with Gasteiger partial charge in [0.05, 0.1) is 6.61 Å². The lowest BCUT2D eigenvalue weighted by Crippen LogP contribution is -2.39. The summed E-state index contributed by atoms with van der Waals surface area (Å²) in [7, 11) is 1.64. The number of rotatable bonds is 5. The van der Waals surface area contributed by atoms with Crippen molar-refractivity contribution in [3.8, 4) is 0 Å². The van der Waals surface area contributed by atoms with Crippen LogP contribution < -0.4 is 0 Å². The summed E-state index contributed by atoms with van der Waals surface area (Å²) in [5, 5.41) is 0. The predicted molar refractivity (Wildman–Crippen MR) is 72.2 cm³/mol. The van der Waals surface area contributed by atoms with Gasteiger partial charge < -0.3 is 9.64 Å². The first-order valence-electron chi connectivity index (χ1n) is 5.61. The molecule has 0 bridgehead atoms. The first kappa shape index (κ1) is 14.2. The first-order chi connectivity index (χ1) is 8.06. The van der Waals surface area contributed by atoms with Crippen LogP contribution in [0.15, 0.2) is 28.7 Å². The van der Waals surface area contributed by atoms with Crippen LogP contribution in [-0.4, -0.2) is 37.1 Å². The molecule has 3 nitrogen and oxygen atoms in total. The van der Waals surface area contributed by atoms with E-state index in [0.29, 0.717) is 18.7 Å². The zero-order chi connectivity index (χ0) is 12.8. The molecule has 0 spiro atoms. The molecule has 0 aliphatic rings. The zero-order valence-corrected chi connectivity index (χ0v) is 12.0. The van der Waals surface area contributed by atoms with E-state index in [9.17, 15) is 4.79 Å². The number of carbonyl (C=O) groups excluding carboxylic acids is 1. The summed E-state index contributed by atoms with van der Waals surface area (Å²) >= 11 is 3.36. The molecule has 0 radical (unpaired) electrons. The van der Waals surface area contributed by atoms with Crippen LogP contribution in [-0.2, 0) is 4.74 Å². The van der Waals surface area contributed by atoms with Gasteiger partial charge in [0, 0.05) is 29.7 Å². The third-order valence-corrected chi connectivity index (χ3v) is 3.04. The monoisotopic (exact) mass is 299 g/mol. The van der Waals surface area contributed by atoms with Crippen molar-refractivity contribution >= 4 is 21.8 Å². The van der Waals surface area contributed by atoms with E-state index in [0.717, 1.165) is 4.47 Å². The number of ether oxygens (including phenoxy) is 1. The average molecular weight is 300 g/mol. The molecule has 0 unspecified atom stereocenters. The molecule has 0 aliphatic carbocycles. The van der Waals surface area contributed by atoms with E-state index in [1.807, 2.05) is 43.0 Å². The Morgan fingerprint density at radius 1 is 1.35 bits per heavy atom. The molecule has 0 heterocycles. The van der Waals surface area contributed by atoms with Crippen molar-refractivity contribution < 1.29 is 9.53 Å². The van der Waals surface area contributed by atoms with Crippen LogP contribution in [0.4, 0.5) is 0 Å². The summed E-state index contributed by atoms with van der Waals surface area (Å²) in [6.07, 6.45) is 0. The van der Waals surface area contributed by atoms with Crippen LogP contribution in [0.25, 0.3) is 0 Å². The van der Waals surface area contributed by atoms with Crippen molar-refractivity contribution in [3.05, 3.63) is 34.3 Å². The smallest absolute Gasteiger partial charge is 0.254 e. The number of halogens is 1. The molecule has 1 aromatic rings. The highest BCUT2D eigenvalue weighted by Crippen LogP contribution is 2.13. The summed E-state index contributed by atoms with van der Waals surface area (Å²) in [6.45, 7) is 5.18. The molecular formula is C13H18BrNO2. The maximum atomic E-state index is 12.3. The van der Waals surface area contributed by atoms with Crippen LogP contribution in [0.5, 0.6) is 0 Å². The van der Waals surface area contributed by atoms with Gasteiger partial charge in [-0.15, -0.1) is 0 Å². The lowest BCUT2D eigenvalue weighted by atomic mass is 10.1. The molecule has 0 fully saturated rings. The second-order valence-electron chi connectivity index (χ2n) is 4.09. The van der Waals surface area contributed by atoms with E-state index >= 15 is 0 Å². The van der Waals surface area contributed by atoms with Gasteiger partial charge in [0.25, 0.3) is 5.91 Å². The number of benzene rings is 1. The molecule has 1 rings (SSSR count). The Hall–Kier alpha value is -0.870. The first-order valence-corrected chi connectivity index (χ1v) is 6.41. The van der Waals surface area contributed by atoms with Gasteiger partial charge in [-0.05, 0) is 38.1 Å². The van der Waals surface area contributed by atoms with E-state index in [2.05, 4.69) is 15.9 Å². The summed E-state index contributed by atoms with van der Waals surface area (Å²) in [5.41, 5.74) is 0.706. The minimum absolute atomic E-state index is 0.0459. The van der Waals surface area contributed by atoms with Crippen LogP contribution in [0.2, 0.25) is 0 Å². The number of methoxy groups -OCH3 is 1. The lowest BCUT2D eigenvalue weighted by Gasteiger charge is -2.26. The largest absolute Gasteiger partial charge is 0.383 e. The third kappa shape index (κ3) is 4.13. The molecular weight excluding hydrogens is 282 g/mol. The summed E-state index contributed by atoms with van der Waals surface area (Å²) in [6, 6.07) is 7.58. The number of amides is 1. The molecule has 1 amide bonds. The maximum absolute atomic E-state index is 12.3. The fourth-order valence-electron chi connectivity index (χ4n) is 1.54. The van der Waals surface area contributed by atoms with E-state index in [1.165, 1.54) is 0 Å². The number of hydrogen-bond acceptors (Lipinski definition) is 2. The Labute approximate surface area is 111 Å². The minimum Gasteiger partial charge on any atom is -0.383 e. The van der Waals surface area contributed by atoms with Crippen molar-refractivity contribution in [2.75, 3.05) is 20.3 Å². The molecule has 17 heavy (non-hydrogen) atoms. The SMILES string of the molecule is COCCN(C(=O)c1ccc(Br)cc1)C(C)C. The van der Waals surface area contributed by atoms with Crippen molar-refractivity contribution in [2.45, 2.75) is 19.9 Å². The highest BCUT2D eigenvalue weighted by molar-refractivity contribution is 9.10. The summed E-state index contributed by atoms with van der Waals surface area (Å²) in [5.74, 6) is 0.0459. The van der Waals surface area contributed by atoms with E-state index in [-0.39, 0.29) is 11.9 Å². The molecule has 1 aromatic carbocycles. The van der Waals surface area contributed by atoms with Gasteiger partial charge in [0.15, 0.2) is 0 Å². The molecule has 0 aliphatic heterocycles. The van der Waals surface area contributed by atoms with Gasteiger partial charge >= 0.3 is 0 Å². The number of nitrogens with zero attached hydrogens (tertiary/aromatic N) is 1. The Morgan fingerprint density at radius 3 is 2.41 bits per heavy atom. The quantitative estimate of drug-likeness (QED) is 0.836. The Morgan fingerprint density at radius 2 is 1.94 bits per heavy atom. The van der Waals surface area contributed by atoms with Crippen molar-refractivity contribution in [2.24, 2.45) is 0 Å². The van der Waals surface area contributed by atoms with Crippen molar-refractivity contribution in [1.82, 2.24) is 4.90 Å². The molecule has 0 N–H and O–H groups in total. The van der Waals surface area contributed by atoms with E-state index < -0.39 is 0 Å². The third-order valence-electron chi connectivity index (χ3n) is 2.51. The topological polar surface area (TPSA) is 29.5 Å². The van der Waals surface area contributed by atoms with E-state index in [4.69, 9.17) is 4.74 Å². The molecule has 0 atom stereocenters. The molecule has 0 saturated heterocycles. The Balaban J connectivity index is 2.80.